The lowest BCUT2D eigenvalue weighted by atomic mass is 10.1. The summed E-state index contributed by atoms with van der Waals surface area (Å²) in [6, 6.07) is 16.6. The first kappa shape index (κ1) is 12.7. The zero-order chi connectivity index (χ0) is 13.0. The van der Waals surface area contributed by atoms with Gasteiger partial charge in [-0.3, -0.25) is 0 Å². The van der Waals surface area contributed by atoms with Crippen LogP contribution in [-0.4, -0.2) is 0 Å². The molecule has 2 rings (SSSR count). The number of hydrogen-bond acceptors (Lipinski definition) is 2. The number of thioether (sulfide) groups is 1. The van der Waals surface area contributed by atoms with Gasteiger partial charge in [0.05, 0.1) is 5.56 Å². The Balaban J connectivity index is 2.18. The Hall–Kier alpha value is -1.72. The highest BCUT2D eigenvalue weighted by atomic mass is 32.2. The summed E-state index contributed by atoms with van der Waals surface area (Å²) < 4.78 is 0. The van der Waals surface area contributed by atoms with E-state index in [1.165, 1.54) is 16.7 Å². The summed E-state index contributed by atoms with van der Waals surface area (Å²) in [5, 5.41) is 9.10. The highest BCUT2D eigenvalue weighted by molar-refractivity contribution is 7.98. The fourth-order valence-electron chi connectivity index (χ4n) is 1.77. The Morgan fingerprint density at radius 1 is 1.11 bits per heavy atom. The van der Waals surface area contributed by atoms with E-state index in [4.69, 9.17) is 5.26 Å². The molecule has 0 heterocycles. The largest absolute Gasteiger partial charge is 0.192 e. The molecule has 0 spiro atoms. The van der Waals surface area contributed by atoms with Gasteiger partial charge in [0.25, 0.3) is 0 Å². The molecule has 2 heteroatoms. The van der Waals surface area contributed by atoms with Crippen LogP contribution < -0.4 is 0 Å². The number of nitrogens with zero attached hydrogens (tertiary/aromatic N) is 1. The first-order valence-corrected chi connectivity index (χ1v) is 6.87. The first-order valence-electron chi connectivity index (χ1n) is 5.89. The molecule has 18 heavy (non-hydrogen) atoms. The summed E-state index contributed by atoms with van der Waals surface area (Å²) in [4.78, 5) is 1.07. The van der Waals surface area contributed by atoms with E-state index in [1.807, 2.05) is 12.1 Å². The molecule has 0 aliphatic heterocycles. The van der Waals surface area contributed by atoms with Gasteiger partial charge in [-0.1, -0.05) is 30.3 Å². The third-order valence-corrected chi connectivity index (χ3v) is 4.01. The van der Waals surface area contributed by atoms with Gasteiger partial charge >= 0.3 is 0 Å². The minimum absolute atomic E-state index is 0.763. The molecule has 0 aromatic heterocycles. The second kappa shape index (κ2) is 5.75. The van der Waals surface area contributed by atoms with Crippen molar-refractivity contribution in [2.45, 2.75) is 24.5 Å². The first-order chi connectivity index (χ1) is 8.70. The molecule has 2 aromatic rings. The van der Waals surface area contributed by atoms with Crippen LogP contribution in [0.3, 0.4) is 0 Å². The van der Waals surface area contributed by atoms with E-state index in [9.17, 15) is 0 Å². The molecule has 0 aliphatic rings. The fraction of sp³-hybridized carbons (Fsp3) is 0.188. The molecule has 2 aromatic carbocycles. The maximum Gasteiger partial charge on any atom is 0.100 e. The van der Waals surface area contributed by atoms with Crippen molar-refractivity contribution in [2.75, 3.05) is 0 Å². The molecule has 0 unspecified atom stereocenters. The van der Waals surface area contributed by atoms with Crippen LogP contribution in [0.1, 0.15) is 22.3 Å². The van der Waals surface area contributed by atoms with Crippen LogP contribution >= 0.6 is 11.8 Å². The maximum absolute atomic E-state index is 9.10. The summed E-state index contributed by atoms with van der Waals surface area (Å²) in [7, 11) is 0. The summed E-state index contributed by atoms with van der Waals surface area (Å²) in [6.45, 7) is 4.18. The lowest BCUT2D eigenvalue weighted by Gasteiger charge is -2.07. The Bertz CT molecular complexity index is 596. The number of benzene rings is 2. The fourth-order valence-corrected chi connectivity index (χ4v) is 2.94. The van der Waals surface area contributed by atoms with E-state index in [2.05, 4.69) is 50.2 Å². The number of rotatable bonds is 3. The van der Waals surface area contributed by atoms with E-state index >= 15 is 0 Å². The van der Waals surface area contributed by atoms with Crippen molar-refractivity contribution in [2.24, 2.45) is 0 Å². The van der Waals surface area contributed by atoms with Gasteiger partial charge in [-0.15, -0.1) is 11.8 Å². The van der Waals surface area contributed by atoms with Crippen LogP contribution in [0.25, 0.3) is 0 Å². The quantitative estimate of drug-likeness (QED) is 0.754. The van der Waals surface area contributed by atoms with Gasteiger partial charge in [0.15, 0.2) is 0 Å². The van der Waals surface area contributed by atoms with E-state index < -0.39 is 0 Å². The topological polar surface area (TPSA) is 23.8 Å². The second-order valence-corrected chi connectivity index (χ2v) is 5.34. The van der Waals surface area contributed by atoms with E-state index in [-0.39, 0.29) is 0 Å². The van der Waals surface area contributed by atoms with E-state index in [1.54, 1.807) is 11.8 Å². The predicted molar refractivity (Wildman–Crippen MR) is 76.6 cm³/mol. The molecule has 1 nitrogen and oxygen atoms in total. The maximum atomic E-state index is 9.10. The average molecular weight is 253 g/mol. The second-order valence-electron chi connectivity index (χ2n) is 4.33. The van der Waals surface area contributed by atoms with Gasteiger partial charge in [-0.05, 0) is 42.7 Å². The Labute approximate surface area is 112 Å². The third kappa shape index (κ3) is 2.94. The number of nitriles is 1. The smallest absolute Gasteiger partial charge is 0.100 e. The van der Waals surface area contributed by atoms with Crippen molar-refractivity contribution < 1.29 is 0 Å². The highest BCUT2D eigenvalue weighted by Gasteiger charge is 2.04. The highest BCUT2D eigenvalue weighted by Crippen LogP contribution is 2.27. The van der Waals surface area contributed by atoms with Crippen molar-refractivity contribution in [1.29, 1.82) is 5.26 Å². The van der Waals surface area contributed by atoms with Crippen LogP contribution in [0, 0.1) is 25.2 Å². The van der Waals surface area contributed by atoms with Crippen LogP contribution in [0.5, 0.6) is 0 Å². The molecule has 0 atom stereocenters. The Morgan fingerprint density at radius 3 is 2.61 bits per heavy atom. The van der Waals surface area contributed by atoms with Crippen molar-refractivity contribution in [3.8, 4) is 6.07 Å². The molecule has 0 amide bonds. The monoisotopic (exact) mass is 253 g/mol. The minimum atomic E-state index is 0.763. The van der Waals surface area contributed by atoms with Crippen molar-refractivity contribution >= 4 is 11.8 Å². The van der Waals surface area contributed by atoms with Crippen molar-refractivity contribution in [3.05, 3.63) is 64.7 Å². The molecule has 0 bridgehead atoms. The predicted octanol–water partition coefficient (Wildman–Crippen LogP) is 4.47. The van der Waals surface area contributed by atoms with Crippen molar-refractivity contribution in [1.82, 2.24) is 0 Å². The zero-order valence-electron chi connectivity index (χ0n) is 10.6. The zero-order valence-corrected chi connectivity index (χ0v) is 11.4. The van der Waals surface area contributed by atoms with Crippen molar-refractivity contribution in [3.63, 3.8) is 0 Å². The van der Waals surface area contributed by atoms with Crippen LogP contribution in [-0.2, 0) is 5.75 Å². The number of aryl methyl sites for hydroxylation is 2. The molecule has 0 aliphatic carbocycles. The van der Waals surface area contributed by atoms with Crippen LogP contribution in [0.15, 0.2) is 47.4 Å². The molecule has 90 valence electrons. The molecule has 0 fully saturated rings. The average Bonchev–Trinajstić information content (AvgIpc) is 2.38. The molecule has 0 N–H and O–H groups in total. The lowest BCUT2D eigenvalue weighted by Crippen LogP contribution is -1.88. The van der Waals surface area contributed by atoms with Gasteiger partial charge in [-0.25, -0.2) is 0 Å². The Kier molecular flexibility index (Phi) is 4.07. The summed E-state index contributed by atoms with van der Waals surface area (Å²) >= 11 is 1.73. The van der Waals surface area contributed by atoms with Gasteiger partial charge in [0.2, 0.25) is 0 Å². The SMILES string of the molecule is Cc1ccc(C#N)c(SCc2ccccc2C)c1. The molecule has 0 saturated carbocycles. The third-order valence-electron chi connectivity index (χ3n) is 2.90. The van der Waals surface area contributed by atoms with Crippen LogP contribution in [0.2, 0.25) is 0 Å². The van der Waals surface area contributed by atoms with Crippen LogP contribution in [0.4, 0.5) is 0 Å². The van der Waals surface area contributed by atoms with E-state index in [0.29, 0.717) is 0 Å². The molecule has 0 radical (unpaired) electrons. The van der Waals surface area contributed by atoms with Gasteiger partial charge < -0.3 is 0 Å². The molecular weight excluding hydrogens is 238 g/mol. The molecule has 0 saturated heterocycles. The molecular formula is C16H15NS. The van der Waals surface area contributed by atoms with Gasteiger partial charge in [0.1, 0.15) is 6.07 Å². The lowest BCUT2D eigenvalue weighted by molar-refractivity contribution is 1.28. The number of hydrogen-bond donors (Lipinski definition) is 0. The summed E-state index contributed by atoms with van der Waals surface area (Å²) in [5.74, 6) is 0.908. The van der Waals surface area contributed by atoms with Gasteiger partial charge in [-0.2, -0.15) is 5.26 Å². The van der Waals surface area contributed by atoms with Gasteiger partial charge in [0, 0.05) is 10.6 Å². The Morgan fingerprint density at radius 2 is 1.89 bits per heavy atom. The summed E-state index contributed by atoms with van der Waals surface area (Å²) in [6.07, 6.45) is 0. The normalized spacial score (nSPS) is 10.1. The summed E-state index contributed by atoms with van der Waals surface area (Å²) in [5.41, 5.74) is 4.59. The minimum Gasteiger partial charge on any atom is -0.192 e. The standard InChI is InChI=1S/C16H15NS/c1-12-7-8-14(10-17)16(9-12)18-11-15-6-4-3-5-13(15)2/h3-9H,11H2,1-2H3. The van der Waals surface area contributed by atoms with E-state index in [0.717, 1.165) is 16.2 Å².